The first-order chi connectivity index (χ1) is 13.2. The van der Waals surface area contributed by atoms with Crippen molar-refractivity contribution >= 4 is 23.5 Å². The first-order valence-corrected chi connectivity index (χ1v) is 9.17. The number of hydrogen-bond donors (Lipinski definition) is 4. The van der Waals surface area contributed by atoms with Gasteiger partial charge in [-0.15, -0.1) is 0 Å². The number of cyclic esters (lactones) is 1. The number of phenols is 1. The summed E-state index contributed by atoms with van der Waals surface area (Å²) in [7, 11) is 1.70. The van der Waals surface area contributed by atoms with Crippen molar-refractivity contribution in [3.05, 3.63) is 41.0 Å². The minimum Gasteiger partial charge on any atom is -0.507 e. The molecule has 7 nitrogen and oxygen atoms in total. The van der Waals surface area contributed by atoms with Gasteiger partial charge in [0.15, 0.2) is 5.78 Å². The maximum Gasteiger partial charge on any atom is 0.342 e. The van der Waals surface area contributed by atoms with Crippen LogP contribution in [0.25, 0.3) is 6.08 Å². The predicted molar refractivity (Wildman–Crippen MR) is 106 cm³/mol. The van der Waals surface area contributed by atoms with Crippen molar-refractivity contribution in [3.8, 4) is 5.75 Å². The van der Waals surface area contributed by atoms with E-state index in [4.69, 9.17) is 4.74 Å². The summed E-state index contributed by atoms with van der Waals surface area (Å²) in [4.78, 5) is 24.8. The van der Waals surface area contributed by atoms with Gasteiger partial charge in [0.1, 0.15) is 23.5 Å². The molecule has 0 spiro atoms. The molecule has 152 valence electrons. The number of benzene rings is 1. The van der Waals surface area contributed by atoms with Gasteiger partial charge in [0, 0.05) is 24.7 Å². The molecule has 7 heteroatoms. The van der Waals surface area contributed by atoms with Gasteiger partial charge in [0.25, 0.3) is 0 Å². The second-order valence-electron chi connectivity index (χ2n) is 6.99. The summed E-state index contributed by atoms with van der Waals surface area (Å²) in [5.74, 6) is -1.84. The average Bonchev–Trinajstić information content (AvgIpc) is 2.66. The van der Waals surface area contributed by atoms with Crippen LogP contribution in [0.2, 0.25) is 0 Å². The Hall–Kier alpha value is -2.64. The summed E-state index contributed by atoms with van der Waals surface area (Å²) in [6.07, 6.45) is 2.39. The SMILES string of the molecule is CNc1cc(O)c2c(c1C)/C=C/C[C@H](O)[C@H](O)C(=O)/C=C\[C@@H](C)[C@H](C)OC2=O. The summed E-state index contributed by atoms with van der Waals surface area (Å²) in [5, 5.41) is 33.5. The lowest BCUT2D eigenvalue weighted by molar-refractivity contribution is -0.127. The Morgan fingerprint density at radius 2 is 1.86 bits per heavy atom. The van der Waals surface area contributed by atoms with E-state index >= 15 is 0 Å². The highest BCUT2D eigenvalue weighted by atomic mass is 16.5. The number of fused-ring (bicyclic) bond motifs is 1. The van der Waals surface area contributed by atoms with Crippen LogP contribution in [0.5, 0.6) is 5.75 Å². The largest absolute Gasteiger partial charge is 0.507 e. The summed E-state index contributed by atoms with van der Waals surface area (Å²) in [5.41, 5.74) is 1.81. The van der Waals surface area contributed by atoms with Gasteiger partial charge in [-0.1, -0.05) is 25.2 Å². The van der Waals surface area contributed by atoms with Crippen LogP contribution in [0.3, 0.4) is 0 Å². The van der Waals surface area contributed by atoms with Crippen molar-refractivity contribution < 1.29 is 29.6 Å². The summed E-state index contributed by atoms with van der Waals surface area (Å²) in [6, 6.07) is 1.46. The first kappa shape index (κ1) is 21.7. The van der Waals surface area contributed by atoms with Crippen molar-refractivity contribution in [2.75, 3.05) is 12.4 Å². The van der Waals surface area contributed by atoms with Crippen molar-refractivity contribution in [2.45, 2.75) is 45.5 Å². The van der Waals surface area contributed by atoms with E-state index in [0.29, 0.717) is 16.8 Å². The third kappa shape index (κ3) is 4.61. The normalized spacial score (nSPS) is 28.6. The molecule has 0 amide bonds. The highest BCUT2D eigenvalue weighted by Crippen LogP contribution is 2.33. The highest BCUT2D eigenvalue weighted by Gasteiger charge is 2.26. The number of aliphatic hydroxyl groups is 2. The summed E-state index contributed by atoms with van der Waals surface area (Å²) in [6.45, 7) is 5.22. The Morgan fingerprint density at radius 3 is 2.50 bits per heavy atom. The Kier molecular flexibility index (Phi) is 6.99. The van der Waals surface area contributed by atoms with Crippen molar-refractivity contribution in [1.82, 2.24) is 0 Å². The third-order valence-electron chi connectivity index (χ3n) is 5.00. The number of aromatic hydroxyl groups is 1. The lowest BCUT2D eigenvalue weighted by Crippen LogP contribution is -2.32. The molecule has 0 radical (unpaired) electrons. The number of rotatable bonds is 1. The van der Waals surface area contributed by atoms with Crippen LogP contribution in [-0.4, -0.2) is 52.4 Å². The summed E-state index contributed by atoms with van der Waals surface area (Å²) >= 11 is 0. The maximum atomic E-state index is 12.8. The van der Waals surface area contributed by atoms with E-state index in [1.165, 1.54) is 18.2 Å². The van der Waals surface area contributed by atoms with Gasteiger partial charge in [0.05, 0.1) is 6.10 Å². The Morgan fingerprint density at radius 1 is 1.18 bits per heavy atom. The molecule has 0 bridgehead atoms. The van der Waals surface area contributed by atoms with Crippen molar-refractivity contribution in [1.29, 1.82) is 0 Å². The molecule has 1 heterocycles. The van der Waals surface area contributed by atoms with Crippen LogP contribution < -0.4 is 5.32 Å². The number of ketones is 1. The lowest BCUT2D eigenvalue weighted by atomic mass is 9.96. The first-order valence-electron chi connectivity index (χ1n) is 9.17. The number of phenolic OH excluding ortho intramolecular Hbond substituents is 1. The molecule has 4 atom stereocenters. The van der Waals surface area contributed by atoms with E-state index in [1.54, 1.807) is 40.0 Å². The van der Waals surface area contributed by atoms with E-state index in [9.17, 15) is 24.9 Å². The molecule has 28 heavy (non-hydrogen) atoms. The smallest absolute Gasteiger partial charge is 0.342 e. The van der Waals surface area contributed by atoms with E-state index in [-0.39, 0.29) is 23.7 Å². The molecule has 0 aliphatic carbocycles. The molecule has 1 aromatic carbocycles. The average molecular weight is 389 g/mol. The van der Waals surface area contributed by atoms with Crippen LogP contribution >= 0.6 is 0 Å². The topological polar surface area (TPSA) is 116 Å². The van der Waals surface area contributed by atoms with E-state index in [0.717, 1.165) is 0 Å². The molecule has 4 N–H and O–H groups in total. The van der Waals surface area contributed by atoms with Crippen LogP contribution in [-0.2, 0) is 9.53 Å². The molecule has 2 rings (SSSR count). The van der Waals surface area contributed by atoms with E-state index in [2.05, 4.69) is 5.32 Å². The molecule has 1 aromatic rings. The Bertz CT molecular complexity index is 814. The number of aliphatic hydroxyl groups excluding tert-OH is 2. The number of anilines is 1. The standard InChI is InChI=1S/C21H27NO6/c1-11-8-9-17(24)20(26)16(23)7-5-6-14-12(2)15(22-4)10-18(25)19(14)21(27)28-13(11)3/h5-6,8-11,13,16,20,22-23,25-26H,7H2,1-4H3/b6-5+,9-8-/t11-,13+,16+,20+/m1/s1. The zero-order chi connectivity index (χ0) is 21.0. The minimum absolute atomic E-state index is 0.00876. The minimum atomic E-state index is -1.55. The number of esters is 1. The molecule has 0 saturated carbocycles. The van der Waals surface area contributed by atoms with Gasteiger partial charge in [-0.3, -0.25) is 4.79 Å². The number of hydrogen-bond acceptors (Lipinski definition) is 7. The van der Waals surface area contributed by atoms with Crippen LogP contribution in [0.15, 0.2) is 24.3 Å². The summed E-state index contributed by atoms with van der Waals surface area (Å²) < 4.78 is 5.50. The number of carbonyl (C=O) groups is 2. The molecular weight excluding hydrogens is 362 g/mol. The van der Waals surface area contributed by atoms with Gasteiger partial charge in [-0.05, 0) is 37.5 Å². The Balaban J connectivity index is 2.58. The molecule has 1 aliphatic heterocycles. The van der Waals surface area contributed by atoms with Crippen LogP contribution in [0.4, 0.5) is 5.69 Å². The van der Waals surface area contributed by atoms with Gasteiger partial charge >= 0.3 is 5.97 Å². The third-order valence-corrected chi connectivity index (χ3v) is 5.00. The maximum absolute atomic E-state index is 12.8. The molecule has 0 saturated heterocycles. The fourth-order valence-electron chi connectivity index (χ4n) is 2.95. The lowest BCUT2D eigenvalue weighted by Gasteiger charge is -2.21. The van der Waals surface area contributed by atoms with Gasteiger partial charge < -0.3 is 25.4 Å². The van der Waals surface area contributed by atoms with Gasteiger partial charge in [-0.25, -0.2) is 4.79 Å². The highest BCUT2D eigenvalue weighted by molar-refractivity contribution is 5.98. The fraction of sp³-hybridized carbons (Fsp3) is 0.429. The second kappa shape index (κ2) is 9.03. The number of nitrogens with one attached hydrogen (secondary N) is 1. The quantitative estimate of drug-likeness (QED) is 0.544. The molecule has 0 aromatic heterocycles. The molecule has 0 fully saturated rings. The van der Waals surface area contributed by atoms with Gasteiger partial charge in [0.2, 0.25) is 0 Å². The van der Waals surface area contributed by atoms with Crippen molar-refractivity contribution in [3.63, 3.8) is 0 Å². The Labute approximate surface area is 164 Å². The van der Waals surface area contributed by atoms with E-state index < -0.39 is 30.1 Å². The molecule has 1 aliphatic rings. The number of ether oxygens (including phenoxy) is 1. The predicted octanol–water partition coefficient (Wildman–Crippen LogP) is 2.19. The van der Waals surface area contributed by atoms with Crippen LogP contribution in [0, 0.1) is 12.8 Å². The number of carbonyl (C=O) groups excluding carboxylic acids is 2. The van der Waals surface area contributed by atoms with Crippen molar-refractivity contribution in [2.24, 2.45) is 5.92 Å². The second-order valence-corrected chi connectivity index (χ2v) is 6.99. The zero-order valence-corrected chi connectivity index (χ0v) is 16.5. The van der Waals surface area contributed by atoms with E-state index in [1.807, 2.05) is 0 Å². The molecule has 0 unspecified atom stereocenters. The van der Waals surface area contributed by atoms with Gasteiger partial charge in [-0.2, -0.15) is 0 Å². The monoisotopic (exact) mass is 389 g/mol. The molecular formula is C21H27NO6. The van der Waals surface area contributed by atoms with Crippen LogP contribution in [0.1, 0.15) is 41.8 Å². The zero-order valence-electron chi connectivity index (χ0n) is 16.5. The fourth-order valence-corrected chi connectivity index (χ4v) is 2.95.